The van der Waals surface area contributed by atoms with E-state index in [0.29, 0.717) is 12.8 Å². The van der Waals surface area contributed by atoms with Gasteiger partial charge in [0.25, 0.3) is 0 Å². The molecule has 146 valence electrons. The van der Waals surface area contributed by atoms with Crippen LogP contribution in [-0.2, 0) is 19.1 Å². The van der Waals surface area contributed by atoms with Gasteiger partial charge in [0, 0.05) is 19.4 Å². The predicted octanol–water partition coefficient (Wildman–Crippen LogP) is 1.24. The molecular formula is C20H26N2O5. The topological polar surface area (TPSA) is 105 Å². The zero-order valence-corrected chi connectivity index (χ0v) is 15.2. The Balaban J connectivity index is 2.09. The van der Waals surface area contributed by atoms with Crippen molar-refractivity contribution in [2.75, 3.05) is 19.7 Å². The summed E-state index contributed by atoms with van der Waals surface area (Å²) in [6.45, 7) is 0.161. The second-order valence-electron chi connectivity index (χ2n) is 6.35. The largest absolute Gasteiger partial charge is 0.456 e. The molecule has 0 spiro atoms. The first-order chi connectivity index (χ1) is 13.1. The molecule has 1 aliphatic rings. The molecule has 0 fully saturated rings. The van der Waals surface area contributed by atoms with Crippen LogP contribution >= 0.6 is 0 Å². The SMILES string of the molecule is O=C(C[C@H]1C/C=C\CCC(=O)O[C@@H](c2ccccc2)CNC1=O)NCCO. The zero-order valence-electron chi connectivity index (χ0n) is 15.2. The summed E-state index contributed by atoms with van der Waals surface area (Å²) in [6, 6.07) is 9.24. The van der Waals surface area contributed by atoms with Crippen molar-refractivity contribution in [1.82, 2.24) is 10.6 Å². The highest BCUT2D eigenvalue weighted by Crippen LogP contribution is 2.19. The minimum Gasteiger partial charge on any atom is -0.456 e. The molecule has 0 radical (unpaired) electrons. The second kappa shape index (κ2) is 11.1. The molecule has 1 aromatic carbocycles. The van der Waals surface area contributed by atoms with Gasteiger partial charge in [-0.05, 0) is 18.4 Å². The van der Waals surface area contributed by atoms with Crippen molar-refractivity contribution in [2.45, 2.75) is 31.8 Å². The number of aliphatic hydroxyl groups excluding tert-OH is 1. The van der Waals surface area contributed by atoms with E-state index < -0.39 is 12.0 Å². The zero-order chi connectivity index (χ0) is 19.5. The molecule has 27 heavy (non-hydrogen) atoms. The number of allylic oxidation sites excluding steroid dienone is 2. The number of hydrogen-bond acceptors (Lipinski definition) is 5. The molecule has 0 saturated carbocycles. The number of esters is 1. The molecule has 3 N–H and O–H groups in total. The molecule has 2 atom stereocenters. The fourth-order valence-corrected chi connectivity index (χ4v) is 2.80. The van der Waals surface area contributed by atoms with Crippen molar-refractivity contribution in [2.24, 2.45) is 5.92 Å². The minimum absolute atomic E-state index is 0.0337. The number of nitrogens with one attached hydrogen (secondary N) is 2. The number of aliphatic hydroxyl groups is 1. The van der Waals surface area contributed by atoms with Gasteiger partial charge in [0.15, 0.2) is 0 Å². The third-order valence-corrected chi connectivity index (χ3v) is 4.25. The van der Waals surface area contributed by atoms with Crippen LogP contribution in [0.25, 0.3) is 0 Å². The first kappa shape index (κ1) is 20.6. The lowest BCUT2D eigenvalue weighted by molar-refractivity contribution is -0.150. The lowest BCUT2D eigenvalue weighted by atomic mass is 9.98. The number of hydrogen-bond donors (Lipinski definition) is 3. The van der Waals surface area contributed by atoms with Gasteiger partial charge in [-0.1, -0.05) is 42.5 Å². The summed E-state index contributed by atoms with van der Waals surface area (Å²) in [5, 5.41) is 14.2. The number of amides is 2. The second-order valence-corrected chi connectivity index (χ2v) is 6.35. The Kier molecular flexibility index (Phi) is 8.51. The van der Waals surface area contributed by atoms with Gasteiger partial charge < -0.3 is 20.5 Å². The van der Waals surface area contributed by atoms with Gasteiger partial charge in [0.05, 0.1) is 19.1 Å². The summed E-state index contributed by atoms with van der Waals surface area (Å²) in [7, 11) is 0. The van der Waals surface area contributed by atoms with Crippen molar-refractivity contribution in [3.8, 4) is 0 Å². The normalized spacial score (nSPS) is 22.6. The van der Waals surface area contributed by atoms with Crippen molar-refractivity contribution >= 4 is 17.8 Å². The van der Waals surface area contributed by atoms with Gasteiger partial charge in [-0.3, -0.25) is 14.4 Å². The molecular weight excluding hydrogens is 348 g/mol. The van der Waals surface area contributed by atoms with E-state index in [4.69, 9.17) is 9.84 Å². The van der Waals surface area contributed by atoms with E-state index >= 15 is 0 Å². The summed E-state index contributed by atoms with van der Waals surface area (Å²) < 4.78 is 5.53. The molecule has 0 bridgehead atoms. The Labute approximate surface area is 158 Å². The van der Waals surface area contributed by atoms with E-state index in [1.165, 1.54) is 0 Å². The van der Waals surface area contributed by atoms with E-state index in [-0.39, 0.29) is 50.3 Å². The molecule has 1 aromatic rings. The fourth-order valence-electron chi connectivity index (χ4n) is 2.80. The smallest absolute Gasteiger partial charge is 0.306 e. The number of rotatable bonds is 5. The molecule has 0 unspecified atom stereocenters. The van der Waals surface area contributed by atoms with Crippen LogP contribution < -0.4 is 10.6 Å². The molecule has 7 nitrogen and oxygen atoms in total. The quantitative estimate of drug-likeness (QED) is 0.531. The number of carbonyl (C=O) groups is 3. The molecule has 7 heteroatoms. The third kappa shape index (κ3) is 7.22. The van der Waals surface area contributed by atoms with E-state index in [1.54, 1.807) is 0 Å². The molecule has 1 aliphatic heterocycles. The van der Waals surface area contributed by atoms with Crippen LogP contribution in [-0.4, -0.2) is 42.6 Å². The average Bonchev–Trinajstić information content (AvgIpc) is 2.67. The monoisotopic (exact) mass is 374 g/mol. The van der Waals surface area contributed by atoms with Gasteiger partial charge in [0.1, 0.15) is 6.10 Å². The Bertz CT molecular complexity index is 660. The highest BCUT2D eigenvalue weighted by atomic mass is 16.5. The highest BCUT2D eigenvalue weighted by Gasteiger charge is 2.24. The predicted molar refractivity (Wildman–Crippen MR) is 99.5 cm³/mol. The van der Waals surface area contributed by atoms with Crippen molar-refractivity contribution in [3.63, 3.8) is 0 Å². The summed E-state index contributed by atoms with van der Waals surface area (Å²) in [6.07, 6.45) is 4.28. The van der Waals surface area contributed by atoms with E-state index in [0.717, 1.165) is 5.56 Å². The Morgan fingerprint density at radius 3 is 2.74 bits per heavy atom. The first-order valence-electron chi connectivity index (χ1n) is 9.15. The van der Waals surface area contributed by atoms with Crippen molar-refractivity contribution in [1.29, 1.82) is 0 Å². The number of ether oxygens (including phenoxy) is 1. The Morgan fingerprint density at radius 1 is 1.22 bits per heavy atom. The third-order valence-electron chi connectivity index (χ3n) is 4.25. The van der Waals surface area contributed by atoms with Gasteiger partial charge in [-0.15, -0.1) is 0 Å². The van der Waals surface area contributed by atoms with E-state index in [2.05, 4.69) is 10.6 Å². The van der Waals surface area contributed by atoms with Crippen LogP contribution in [0.5, 0.6) is 0 Å². The molecule has 1 heterocycles. The van der Waals surface area contributed by atoms with Crippen LogP contribution in [0, 0.1) is 5.92 Å². The average molecular weight is 374 g/mol. The molecule has 0 saturated heterocycles. The molecule has 2 amide bonds. The van der Waals surface area contributed by atoms with Gasteiger partial charge >= 0.3 is 5.97 Å². The lowest BCUT2D eigenvalue weighted by Gasteiger charge is -2.21. The standard InChI is InChI=1S/C20H26N2O5/c23-12-11-21-18(24)13-16-9-5-2-6-10-19(25)27-17(14-22-20(16)26)15-7-3-1-4-8-15/h1-5,7-8,16-17,23H,6,9-14H2,(H,21,24)(H,22,26)/b5-2-/t16-,17-/m1/s1. The van der Waals surface area contributed by atoms with Gasteiger partial charge in [-0.2, -0.15) is 0 Å². The van der Waals surface area contributed by atoms with E-state index in [1.807, 2.05) is 42.5 Å². The molecule has 0 aromatic heterocycles. The van der Waals surface area contributed by atoms with Crippen LogP contribution in [0.2, 0.25) is 0 Å². The molecule has 2 rings (SSSR count). The summed E-state index contributed by atoms with van der Waals surface area (Å²) in [5.74, 6) is -1.39. The maximum atomic E-state index is 12.6. The number of benzene rings is 1. The van der Waals surface area contributed by atoms with Crippen LogP contribution in [0.3, 0.4) is 0 Å². The maximum absolute atomic E-state index is 12.6. The summed E-state index contributed by atoms with van der Waals surface area (Å²) in [5.41, 5.74) is 0.802. The van der Waals surface area contributed by atoms with Crippen LogP contribution in [0.4, 0.5) is 0 Å². The Hall–Kier alpha value is -2.67. The van der Waals surface area contributed by atoms with Crippen LogP contribution in [0.15, 0.2) is 42.5 Å². The van der Waals surface area contributed by atoms with Crippen LogP contribution in [0.1, 0.15) is 37.4 Å². The minimum atomic E-state index is -0.574. The van der Waals surface area contributed by atoms with Gasteiger partial charge in [-0.25, -0.2) is 0 Å². The highest BCUT2D eigenvalue weighted by molar-refractivity contribution is 5.86. The molecule has 0 aliphatic carbocycles. The van der Waals surface area contributed by atoms with Crippen molar-refractivity contribution in [3.05, 3.63) is 48.0 Å². The summed E-state index contributed by atoms with van der Waals surface area (Å²) in [4.78, 5) is 36.5. The maximum Gasteiger partial charge on any atom is 0.306 e. The number of carbonyl (C=O) groups excluding carboxylic acids is 3. The summed E-state index contributed by atoms with van der Waals surface area (Å²) >= 11 is 0. The van der Waals surface area contributed by atoms with Crippen molar-refractivity contribution < 1.29 is 24.2 Å². The van der Waals surface area contributed by atoms with E-state index in [9.17, 15) is 14.4 Å². The fraction of sp³-hybridized carbons (Fsp3) is 0.450. The Morgan fingerprint density at radius 2 is 2.00 bits per heavy atom. The number of cyclic esters (lactones) is 1. The lowest BCUT2D eigenvalue weighted by Crippen LogP contribution is -2.38. The van der Waals surface area contributed by atoms with Gasteiger partial charge in [0.2, 0.25) is 11.8 Å². The first-order valence-corrected chi connectivity index (χ1v) is 9.15.